The van der Waals surface area contributed by atoms with E-state index in [2.05, 4.69) is 53.0 Å². The number of Topliss-reactive ketones (excluding diaryl/α,β-unsaturated/α-hetero) is 2. The molecular formula is C35H48N10O4S. The van der Waals surface area contributed by atoms with Gasteiger partial charge in [0.25, 0.3) is 0 Å². The molecule has 1 aromatic heterocycles. The monoisotopic (exact) mass is 704 g/mol. The number of nitrogens with one attached hydrogen (secondary N) is 2. The normalized spacial score (nSPS) is 15.3. The van der Waals surface area contributed by atoms with Crippen LogP contribution in [0.1, 0.15) is 43.7 Å². The van der Waals surface area contributed by atoms with Gasteiger partial charge in [-0.05, 0) is 68.1 Å². The molecule has 14 nitrogen and oxygen atoms in total. The fraction of sp³-hybridized carbons (Fsp3) is 0.486. The van der Waals surface area contributed by atoms with Crippen molar-refractivity contribution in [1.29, 1.82) is 0 Å². The molecule has 4 rings (SSSR count). The molecule has 1 atom stereocenters. The van der Waals surface area contributed by atoms with Crippen molar-refractivity contribution >= 4 is 40.6 Å². The van der Waals surface area contributed by atoms with Crippen LogP contribution in [0.5, 0.6) is 0 Å². The Labute approximate surface area is 298 Å². The molecule has 268 valence electrons. The quantitative estimate of drug-likeness (QED) is 0.118. The van der Waals surface area contributed by atoms with Gasteiger partial charge in [0.15, 0.2) is 11.4 Å². The average Bonchev–Trinajstić information content (AvgIpc) is 3.19. The number of hydrogen-bond acceptors (Lipinski definition) is 12. The van der Waals surface area contributed by atoms with Crippen LogP contribution < -0.4 is 16.4 Å². The molecule has 0 amide bonds. The minimum Gasteiger partial charge on any atom is -0.480 e. The zero-order chi connectivity index (χ0) is 35.7. The van der Waals surface area contributed by atoms with Gasteiger partial charge in [-0.15, -0.1) is 20.4 Å². The first-order valence-electron chi connectivity index (χ1n) is 17.0. The van der Waals surface area contributed by atoms with Crippen molar-refractivity contribution in [3.8, 4) is 11.4 Å². The molecule has 3 aromatic rings. The number of aliphatic carboxylic acids is 1. The van der Waals surface area contributed by atoms with E-state index in [1.165, 1.54) is 6.33 Å². The summed E-state index contributed by atoms with van der Waals surface area (Å²) >= 11 is 5.48. The Morgan fingerprint density at radius 1 is 0.860 bits per heavy atom. The van der Waals surface area contributed by atoms with Crippen molar-refractivity contribution in [2.45, 2.75) is 51.6 Å². The Bertz CT molecular complexity index is 1500. The summed E-state index contributed by atoms with van der Waals surface area (Å²) in [7, 11) is 0. The number of carbonyl (C=O) groups excluding carboxylic acids is 2. The third-order valence-electron chi connectivity index (χ3n) is 8.54. The van der Waals surface area contributed by atoms with Gasteiger partial charge in [-0.3, -0.25) is 29.1 Å². The molecule has 1 aliphatic heterocycles. The highest BCUT2D eigenvalue weighted by atomic mass is 32.1. The Kier molecular flexibility index (Phi) is 15.7. The molecule has 2 aromatic carbocycles. The molecule has 1 unspecified atom stereocenters. The molecule has 50 heavy (non-hydrogen) atoms. The fourth-order valence-corrected chi connectivity index (χ4v) is 5.96. The van der Waals surface area contributed by atoms with E-state index in [-0.39, 0.29) is 18.1 Å². The maximum absolute atomic E-state index is 12.6. The van der Waals surface area contributed by atoms with E-state index in [0.29, 0.717) is 62.9 Å². The molecule has 1 aliphatic rings. The molecule has 1 fully saturated rings. The lowest BCUT2D eigenvalue weighted by Gasteiger charge is -2.25. The predicted octanol–water partition coefficient (Wildman–Crippen LogP) is 2.01. The fourth-order valence-electron chi connectivity index (χ4n) is 5.74. The van der Waals surface area contributed by atoms with Gasteiger partial charge in [-0.2, -0.15) is 0 Å². The van der Waals surface area contributed by atoms with Crippen LogP contribution in [0.25, 0.3) is 11.4 Å². The SMILES string of the molecule is CC(=O)CN1CCN(CC(=O)O)CCN(Cc2ccc(NC(=S)NCCCCC(N)C(=O)CCc3ccc(-c4nncnn4)cc3)cc2)CC1. The molecule has 0 radical (unpaired) electrons. The number of nitrogens with zero attached hydrogens (tertiary/aromatic N) is 7. The summed E-state index contributed by atoms with van der Waals surface area (Å²) in [5.74, 6) is -0.225. The lowest BCUT2D eigenvalue weighted by molar-refractivity contribution is -0.138. The van der Waals surface area contributed by atoms with Gasteiger partial charge in [0, 0.05) is 70.0 Å². The minimum absolute atomic E-state index is 0.00977. The van der Waals surface area contributed by atoms with Gasteiger partial charge in [0.05, 0.1) is 19.1 Å². The average molecular weight is 705 g/mol. The summed E-state index contributed by atoms with van der Waals surface area (Å²) in [5.41, 5.74) is 10.1. The Balaban J connectivity index is 1.12. The van der Waals surface area contributed by atoms with E-state index >= 15 is 0 Å². The van der Waals surface area contributed by atoms with Gasteiger partial charge >= 0.3 is 5.97 Å². The molecule has 15 heteroatoms. The number of carboxylic acid groups (broad SMARTS) is 1. The molecule has 1 saturated heterocycles. The molecular weight excluding hydrogens is 657 g/mol. The Hall–Kier alpha value is -4.28. The molecule has 0 aliphatic carbocycles. The number of ketones is 2. The summed E-state index contributed by atoms with van der Waals surface area (Å²) in [6.45, 7) is 7.56. The van der Waals surface area contributed by atoms with E-state index in [1.807, 2.05) is 41.3 Å². The number of nitrogens with two attached hydrogens (primary N) is 1. The predicted molar refractivity (Wildman–Crippen MR) is 195 cm³/mol. The maximum atomic E-state index is 12.6. The first-order chi connectivity index (χ1) is 24.1. The smallest absolute Gasteiger partial charge is 0.317 e. The van der Waals surface area contributed by atoms with Crippen LogP contribution in [0.4, 0.5) is 5.69 Å². The lowest BCUT2D eigenvalue weighted by atomic mass is 9.99. The van der Waals surface area contributed by atoms with E-state index in [4.69, 9.17) is 18.0 Å². The van der Waals surface area contributed by atoms with Gasteiger partial charge in [-0.1, -0.05) is 36.4 Å². The van der Waals surface area contributed by atoms with Crippen LogP contribution in [0.3, 0.4) is 0 Å². The number of rotatable bonds is 17. The second kappa shape index (κ2) is 20.4. The largest absolute Gasteiger partial charge is 0.480 e. The Morgan fingerprint density at radius 3 is 2.08 bits per heavy atom. The van der Waals surface area contributed by atoms with Gasteiger partial charge in [0.2, 0.25) is 5.82 Å². The molecule has 0 spiro atoms. The van der Waals surface area contributed by atoms with E-state index in [0.717, 1.165) is 61.4 Å². The first-order valence-corrected chi connectivity index (χ1v) is 17.5. The maximum Gasteiger partial charge on any atom is 0.317 e. The van der Waals surface area contributed by atoms with Crippen molar-refractivity contribution in [3.63, 3.8) is 0 Å². The van der Waals surface area contributed by atoms with Crippen molar-refractivity contribution in [2.75, 3.05) is 64.2 Å². The number of unbranched alkanes of at least 4 members (excludes halogenated alkanes) is 1. The molecule has 2 heterocycles. The standard InChI is InChI=1S/C35H48N10O4S/c1-26(46)22-43-16-18-44(19-21-45(20-17-43)24-33(48)49)23-28-7-12-30(13-8-28)40-35(50)37-15-3-2-4-31(36)32(47)14-9-27-5-10-29(11-6-27)34-41-38-25-39-42-34/h5-8,10-13,25,31H,2-4,9,14-24,36H2,1H3,(H,48,49)(H2,37,40,50). The summed E-state index contributed by atoms with van der Waals surface area (Å²) in [5, 5.41) is 31.7. The second-order valence-electron chi connectivity index (χ2n) is 12.6. The number of aromatic nitrogens is 4. The van der Waals surface area contributed by atoms with Crippen LogP contribution in [0.15, 0.2) is 54.9 Å². The summed E-state index contributed by atoms with van der Waals surface area (Å²) in [6, 6.07) is 15.3. The van der Waals surface area contributed by atoms with Crippen molar-refractivity contribution in [2.24, 2.45) is 5.73 Å². The second-order valence-corrected chi connectivity index (χ2v) is 13.0. The number of thiocarbonyl (C=S) groups is 1. The Morgan fingerprint density at radius 2 is 1.46 bits per heavy atom. The number of anilines is 1. The summed E-state index contributed by atoms with van der Waals surface area (Å²) in [4.78, 5) is 42.1. The van der Waals surface area contributed by atoms with Gasteiger partial charge in [-0.25, -0.2) is 0 Å². The van der Waals surface area contributed by atoms with E-state index in [1.54, 1.807) is 6.92 Å². The highest BCUT2D eigenvalue weighted by molar-refractivity contribution is 7.80. The minimum atomic E-state index is -0.844. The third kappa shape index (κ3) is 13.9. The number of hydrogen-bond donors (Lipinski definition) is 4. The molecule has 0 saturated carbocycles. The van der Waals surface area contributed by atoms with Gasteiger partial charge < -0.3 is 21.5 Å². The van der Waals surface area contributed by atoms with E-state index < -0.39 is 12.0 Å². The van der Waals surface area contributed by atoms with Crippen molar-refractivity contribution in [1.82, 2.24) is 40.4 Å². The highest BCUT2D eigenvalue weighted by Crippen LogP contribution is 2.16. The number of benzene rings is 2. The van der Waals surface area contributed by atoms with E-state index in [9.17, 15) is 19.5 Å². The summed E-state index contributed by atoms with van der Waals surface area (Å²) in [6.07, 6.45) is 4.55. The zero-order valence-electron chi connectivity index (χ0n) is 28.7. The van der Waals surface area contributed by atoms with Gasteiger partial charge in [0.1, 0.15) is 11.6 Å². The van der Waals surface area contributed by atoms with Crippen LogP contribution in [0.2, 0.25) is 0 Å². The topological polar surface area (TPSA) is 183 Å². The van der Waals surface area contributed by atoms with Crippen LogP contribution >= 0.6 is 12.2 Å². The van der Waals surface area contributed by atoms with Crippen LogP contribution in [-0.4, -0.2) is 128 Å². The van der Waals surface area contributed by atoms with Crippen molar-refractivity contribution < 1.29 is 19.5 Å². The van der Waals surface area contributed by atoms with Crippen LogP contribution in [-0.2, 0) is 27.3 Å². The number of aryl methyl sites for hydroxylation is 1. The zero-order valence-corrected chi connectivity index (χ0v) is 29.5. The first kappa shape index (κ1) is 38.5. The molecule has 0 bridgehead atoms. The number of carbonyl (C=O) groups is 3. The van der Waals surface area contributed by atoms with Crippen molar-refractivity contribution in [3.05, 3.63) is 66.0 Å². The highest BCUT2D eigenvalue weighted by Gasteiger charge is 2.19. The third-order valence-corrected chi connectivity index (χ3v) is 8.79. The molecule has 5 N–H and O–H groups in total. The van der Waals surface area contributed by atoms with Crippen LogP contribution in [0, 0.1) is 0 Å². The number of carboxylic acids is 1. The summed E-state index contributed by atoms with van der Waals surface area (Å²) < 4.78 is 0. The lowest BCUT2D eigenvalue weighted by Crippen LogP contribution is -2.40.